The number of hydrogen-bond donors (Lipinski definition) is 1. The highest BCUT2D eigenvalue weighted by atomic mass is 16.5. The van der Waals surface area contributed by atoms with Crippen LogP contribution in [-0.2, 0) is 11.3 Å². The summed E-state index contributed by atoms with van der Waals surface area (Å²) < 4.78 is 6.96. The van der Waals surface area contributed by atoms with Crippen LogP contribution in [0.15, 0.2) is 47.2 Å². The smallest absolute Gasteiger partial charge is 0.277 e. The quantitative estimate of drug-likeness (QED) is 0.750. The Morgan fingerprint density at radius 2 is 2.19 bits per heavy atom. The molecule has 1 saturated heterocycles. The van der Waals surface area contributed by atoms with Crippen LogP contribution < -0.4 is 10.2 Å². The van der Waals surface area contributed by atoms with Gasteiger partial charge in [-0.05, 0) is 31.0 Å². The van der Waals surface area contributed by atoms with Crippen LogP contribution in [0.4, 0.5) is 11.4 Å². The highest BCUT2D eigenvalue weighted by Crippen LogP contribution is 2.29. The molecule has 0 atom stereocenters. The van der Waals surface area contributed by atoms with Crippen LogP contribution in [0.25, 0.3) is 0 Å². The lowest BCUT2D eigenvalue weighted by molar-refractivity contribution is -0.117. The van der Waals surface area contributed by atoms with E-state index in [1.54, 1.807) is 27.9 Å². The fourth-order valence-corrected chi connectivity index (χ4v) is 3.11. The summed E-state index contributed by atoms with van der Waals surface area (Å²) in [5.41, 5.74) is 2.49. The van der Waals surface area contributed by atoms with Crippen molar-refractivity contribution in [3.63, 3.8) is 0 Å². The molecule has 2 amide bonds. The summed E-state index contributed by atoms with van der Waals surface area (Å²) in [5, 5.41) is 10.9. The Morgan fingerprint density at radius 3 is 2.93 bits per heavy atom. The first-order chi connectivity index (χ1) is 13.1. The monoisotopic (exact) mass is 365 g/mol. The molecule has 1 aliphatic rings. The lowest BCUT2D eigenvalue weighted by Crippen LogP contribution is -2.25. The van der Waals surface area contributed by atoms with Crippen molar-refractivity contribution in [1.29, 1.82) is 0 Å². The number of aryl methyl sites for hydroxylation is 1. The molecule has 3 aromatic rings. The van der Waals surface area contributed by atoms with Crippen molar-refractivity contribution in [2.45, 2.75) is 26.3 Å². The van der Waals surface area contributed by atoms with Crippen LogP contribution in [0, 0.1) is 6.92 Å². The lowest BCUT2D eigenvalue weighted by Gasteiger charge is -2.19. The van der Waals surface area contributed by atoms with Gasteiger partial charge in [0.25, 0.3) is 5.91 Å². The first-order valence-corrected chi connectivity index (χ1v) is 8.75. The van der Waals surface area contributed by atoms with Gasteiger partial charge in [0.15, 0.2) is 11.5 Å². The van der Waals surface area contributed by atoms with E-state index in [9.17, 15) is 9.59 Å². The fraction of sp³-hybridized carbons (Fsp3) is 0.263. The fourth-order valence-electron chi connectivity index (χ4n) is 3.11. The van der Waals surface area contributed by atoms with E-state index in [0.29, 0.717) is 36.6 Å². The maximum absolute atomic E-state index is 12.6. The molecular formula is C19H19N5O3. The van der Waals surface area contributed by atoms with Crippen molar-refractivity contribution in [1.82, 2.24) is 14.9 Å². The van der Waals surface area contributed by atoms with Crippen molar-refractivity contribution in [2.75, 3.05) is 16.8 Å². The summed E-state index contributed by atoms with van der Waals surface area (Å²) in [6.07, 6.45) is 4.98. The molecule has 0 unspecified atom stereocenters. The number of benzene rings is 1. The minimum Gasteiger partial charge on any atom is -0.359 e. The molecular weight excluding hydrogens is 346 g/mol. The summed E-state index contributed by atoms with van der Waals surface area (Å²) in [7, 11) is 0. The predicted molar refractivity (Wildman–Crippen MR) is 98.6 cm³/mol. The molecule has 8 nitrogen and oxygen atoms in total. The van der Waals surface area contributed by atoms with Crippen LogP contribution in [0.5, 0.6) is 0 Å². The second-order valence-electron chi connectivity index (χ2n) is 6.51. The summed E-state index contributed by atoms with van der Waals surface area (Å²) in [5.74, 6) is 0.210. The van der Waals surface area contributed by atoms with Gasteiger partial charge in [-0.3, -0.25) is 14.3 Å². The Kier molecular flexibility index (Phi) is 4.45. The van der Waals surface area contributed by atoms with E-state index in [2.05, 4.69) is 15.6 Å². The summed E-state index contributed by atoms with van der Waals surface area (Å²) in [4.78, 5) is 26.3. The van der Waals surface area contributed by atoms with E-state index in [1.165, 1.54) is 0 Å². The summed E-state index contributed by atoms with van der Waals surface area (Å²) in [6, 6.07) is 8.85. The van der Waals surface area contributed by atoms with E-state index in [1.807, 2.05) is 31.3 Å². The molecule has 1 aromatic carbocycles. The number of rotatable bonds is 5. The zero-order valence-electron chi connectivity index (χ0n) is 14.9. The maximum atomic E-state index is 12.6. The van der Waals surface area contributed by atoms with Gasteiger partial charge in [0, 0.05) is 25.2 Å². The SMILES string of the molecule is Cc1cnn(Cc2cc(C(=O)Nc3ccccc3N3CCCC3=O)no2)c1. The molecule has 0 spiro atoms. The molecule has 3 heterocycles. The highest BCUT2D eigenvalue weighted by Gasteiger charge is 2.24. The number of nitrogens with zero attached hydrogens (tertiary/aromatic N) is 4. The Morgan fingerprint density at radius 1 is 1.33 bits per heavy atom. The van der Waals surface area contributed by atoms with Crippen molar-refractivity contribution in [3.8, 4) is 0 Å². The van der Waals surface area contributed by atoms with Gasteiger partial charge in [0.05, 0.1) is 17.6 Å². The Bertz CT molecular complexity index is 991. The van der Waals surface area contributed by atoms with Gasteiger partial charge in [0.1, 0.15) is 6.54 Å². The first kappa shape index (κ1) is 17.0. The van der Waals surface area contributed by atoms with Gasteiger partial charge >= 0.3 is 0 Å². The first-order valence-electron chi connectivity index (χ1n) is 8.75. The zero-order chi connectivity index (χ0) is 18.8. The minimum atomic E-state index is -0.388. The number of anilines is 2. The molecule has 27 heavy (non-hydrogen) atoms. The molecule has 0 aliphatic carbocycles. The van der Waals surface area contributed by atoms with E-state index in [4.69, 9.17) is 4.52 Å². The molecule has 1 fully saturated rings. The molecule has 0 bridgehead atoms. The van der Waals surface area contributed by atoms with E-state index in [0.717, 1.165) is 12.0 Å². The zero-order valence-corrected chi connectivity index (χ0v) is 14.9. The Balaban J connectivity index is 1.49. The van der Waals surface area contributed by atoms with Crippen molar-refractivity contribution < 1.29 is 14.1 Å². The number of amides is 2. The van der Waals surface area contributed by atoms with E-state index >= 15 is 0 Å². The van der Waals surface area contributed by atoms with Crippen molar-refractivity contribution in [2.24, 2.45) is 0 Å². The van der Waals surface area contributed by atoms with E-state index in [-0.39, 0.29) is 17.5 Å². The minimum absolute atomic E-state index is 0.0648. The molecule has 4 rings (SSSR count). The molecule has 2 aromatic heterocycles. The predicted octanol–water partition coefficient (Wildman–Crippen LogP) is 2.61. The van der Waals surface area contributed by atoms with Gasteiger partial charge < -0.3 is 14.7 Å². The summed E-state index contributed by atoms with van der Waals surface area (Å²) >= 11 is 0. The number of carbonyl (C=O) groups excluding carboxylic acids is 2. The molecule has 0 saturated carbocycles. The van der Waals surface area contributed by atoms with Gasteiger partial charge in [-0.2, -0.15) is 5.10 Å². The molecule has 1 aliphatic heterocycles. The third-order valence-electron chi connectivity index (χ3n) is 4.39. The van der Waals surface area contributed by atoms with Gasteiger partial charge in [0.2, 0.25) is 5.91 Å². The number of para-hydroxylation sites is 2. The number of aromatic nitrogens is 3. The van der Waals surface area contributed by atoms with Gasteiger partial charge in [-0.25, -0.2) is 0 Å². The molecule has 0 radical (unpaired) electrons. The lowest BCUT2D eigenvalue weighted by atomic mass is 10.2. The molecule has 138 valence electrons. The van der Waals surface area contributed by atoms with Crippen LogP contribution in [0.1, 0.15) is 34.7 Å². The third kappa shape index (κ3) is 3.59. The highest BCUT2D eigenvalue weighted by molar-refractivity contribution is 6.07. The van der Waals surface area contributed by atoms with Crippen LogP contribution in [0.3, 0.4) is 0 Å². The normalized spacial score (nSPS) is 14.0. The van der Waals surface area contributed by atoms with E-state index < -0.39 is 0 Å². The topological polar surface area (TPSA) is 93.3 Å². The summed E-state index contributed by atoms with van der Waals surface area (Å²) in [6.45, 7) is 3.00. The number of hydrogen-bond acceptors (Lipinski definition) is 5. The Hall–Kier alpha value is -3.42. The maximum Gasteiger partial charge on any atom is 0.277 e. The van der Waals surface area contributed by atoms with Crippen LogP contribution >= 0.6 is 0 Å². The second kappa shape index (κ2) is 7.06. The second-order valence-corrected chi connectivity index (χ2v) is 6.51. The van der Waals surface area contributed by atoms with Gasteiger partial charge in [-0.1, -0.05) is 17.3 Å². The number of nitrogens with one attached hydrogen (secondary N) is 1. The van der Waals surface area contributed by atoms with Crippen LogP contribution in [0.2, 0.25) is 0 Å². The number of carbonyl (C=O) groups is 2. The average Bonchev–Trinajstić information content (AvgIpc) is 3.38. The largest absolute Gasteiger partial charge is 0.359 e. The molecule has 8 heteroatoms. The van der Waals surface area contributed by atoms with Crippen molar-refractivity contribution >= 4 is 23.2 Å². The van der Waals surface area contributed by atoms with Gasteiger partial charge in [-0.15, -0.1) is 0 Å². The van der Waals surface area contributed by atoms with Crippen molar-refractivity contribution in [3.05, 3.63) is 59.7 Å². The molecule has 1 N–H and O–H groups in total. The standard InChI is InChI=1S/C19H19N5O3/c1-13-10-20-23(11-13)12-14-9-16(22-27-14)19(26)21-15-5-2-3-6-17(15)24-8-4-7-18(24)25/h2-3,5-6,9-11H,4,7-8,12H2,1H3,(H,21,26). The van der Waals surface area contributed by atoms with Crippen LogP contribution in [-0.4, -0.2) is 33.3 Å². The average molecular weight is 365 g/mol. The third-order valence-corrected chi connectivity index (χ3v) is 4.39. The Labute approximate surface area is 155 Å².